The molecule has 0 aliphatic carbocycles. The predicted octanol–water partition coefficient (Wildman–Crippen LogP) is 4.59. The number of nitrogen functional groups attached to an aromatic ring is 1. The van der Waals surface area contributed by atoms with Gasteiger partial charge in [0.15, 0.2) is 5.78 Å². The van der Waals surface area contributed by atoms with Crippen molar-refractivity contribution in [3.05, 3.63) is 107 Å². The molecule has 0 aliphatic heterocycles. The number of rotatable bonds is 6. The van der Waals surface area contributed by atoms with Gasteiger partial charge in [-0.2, -0.15) is 0 Å². The van der Waals surface area contributed by atoms with Gasteiger partial charge in [0.1, 0.15) is 0 Å². The van der Waals surface area contributed by atoms with Crippen molar-refractivity contribution in [2.75, 3.05) is 5.73 Å². The molecule has 26 heavy (non-hydrogen) atoms. The van der Waals surface area contributed by atoms with E-state index in [1.165, 1.54) is 0 Å². The van der Waals surface area contributed by atoms with Crippen molar-refractivity contribution >= 4 is 17.2 Å². The Balaban J connectivity index is 1.87. The zero-order chi connectivity index (χ0) is 18.4. The van der Waals surface area contributed by atoms with Crippen LogP contribution in [0.3, 0.4) is 0 Å². The fourth-order valence-corrected chi connectivity index (χ4v) is 2.70. The van der Waals surface area contributed by atoms with Crippen molar-refractivity contribution in [2.24, 2.45) is 0 Å². The molecule has 0 unspecified atom stereocenters. The number of ketones is 1. The first-order chi connectivity index (χ1) is 12.6. The second kappa shape index (κ2) is 8.17. The zero-order valence-corrected chi connectivity index (χ0v) is 14.8. The number of allylic oxidation sites excluding steroid dienone is 1. The van der Waals surface area contributed by atoms with E-state index in [9.17, 15) is 4.79 Å². The molecule has 0 fully saturated rings. The molecule has 0 aromatic heterocycles. The lowest BCUT2D eigenvalue weighted by Gasteiger charge is -2.13. The van der Waals surface area contributed by atoms with Gasteiger partial charge in [0, 0.05) is 29.6 Å². The number of nitrogens with one attached hydrogen (secondary N) is 1. The fraction of sp³-hybridized carbons (Fsp3) is 0.0870. The summed E-state index contributed by atoms with van der Waals surface area (Å²) in [5.74, 6) is -0.0214. The van der Waals surface area contributed by atoms with Gasteiger partial charge in [-0.05, 0) is 36.2 Å². The van der Waals surface area contributed by atoms with Gasteiger partial charge in [0.25, 0.3) is 0 Å². The van der Waals surface area contributed by atoms with Gasteiger partial charge < -0.3 is 11.1 Å². The van der Waals surface area contributed by atoms with Crippen LogP contribution >= 0.6 is 0 Å². The van der Waals surface area contributed by atoms with Crippen molar-refractivity contribution < 1.29 is 4.79 Å². The summed E-state index contributed by atoms with van der Waals surface area (Å²) in [6.45, 7) is 2.65. The topological polar surface area (TPSA) is 55.1 Å². The van der Waals surface area contributed by atoms with Gasteiger partial charge in [-0.25, -0.2) is 0 Å². The molecule has 0 atom stereocenters. The molecule has 0 saturated heterocycles. The zero-order valence-electron chi connectivity index (χ0n) is 14.8. The fourth-order valence-electron chi connectivity index (χ4n) is 2.70. The minimum atomic E-state index is -0.0214. The third kappa shape index (κ3) is 4.61. The Hall–Kier alpha value is -3.33. The molecule has 0 heterocycles. The Bertz CT molecular complexity index is 912. The van der Waals surface area contributed by atoms with Gasteiger partial charge >= 0.3 is 0 Å². The monoisotopic (exact) mass is 342 g/mol. The lowest BCUT2D eigenvalue weighted by Crippen LogP contribution is -2.14. The molecule has 0 spiro atoms. The third-order valence-corrected chi connectivity index (χ3v) is 4.13. The molecule has 3 heteroatoms. The number of aryl methyl sites for hydroxylation is 1. The minimum absolute atomic E-state index is 0.0214. The van der Waals surface area contributed by atoms with E-state index in [4.69, 9.17) is 5.73 Å². The number of benzene rings is 3. The second-order valence-corrected chi connectivity index (χ2v) is 6.25. The van der Waals surface area contributed by atoms with E-state index >= 15 is 0 Å². The van der Waals surface area contributed by atoms with Crippen LogP contribution in [0.15, 0.2) is 84.9 Å². The van der Waals surface area contributed by atoms with Gasteiger partial charge in [-0.1, -0.05) is 66.2 Å². The molecular formula is C23H22N2O. The number of hydrogen-bond donors (Lipinski definition) is 2. The standard InChI is InChI=1S/C23H22N2O/c1-17-6-5-9-20(14-17)22(15-23(26)19-7-3-2-4-8-19)25-16-18-10-12-21(24)13-11-18/h2-15,25H,16,24H2,1H3/b22-15-. The number of carbonyl (C=O) groups excluding carboxylic acids is 1. The Morgan fingerprint density at radius 3 is 2.31 bits per heavy atom. The summed E-state index contributed by atoms with van der Waals surface area (Å²) in [6, 6.07) is 25.1. The molecule has 3 nitrogen and oxygen atoms in total. The van der Waals surface area contributed by atoms with Crippen LogP contribution in [0.2, 0.25) is 0 Å². The minimum Gasteiger partial charge on any atom is -0.399 e. The van der Waals surface area contributed by atoms with Crippen LogP contribution in [-0.4, -0.2) is 5.78 Å². The van der Waals surface area contributed by atoms with Crippen molar-refractivity contribution in [1.82, 2.24) is 5.32 Å². The first-order valence-electron chi connectivity index (χ1n) is 8.58. The Kier molecular flexibility index (Phi) is 5.49. The van der Waals surface area contributed by atoms with Crippen LogP contribution in [-0.2, 0) is 6.54 Å². The molecule has 0 bridgehead atoms. The van der Waals surface area contributed by atoms with E-state index in [0.29, 0.717) is 12.1 Å². The summed E-state index contributed by atoms with van der Waals surface area (Å²) < 4.78 is 0. The van der Waals surface area contributed by atoms with E-state index in [-0.39, 0.29) is 5.78 Å². The summed E-state index contributed by atoms with van der Waals surface area (Å²) in [5, 5.41) is 3.40. The molecule has 3 aromatic carbocycles. The van der Waals surface area contributed by atoms with E-state index in [1.807, 2.05) is 79.7 Å². The Morgan fingerprint density at radius 2 is 1.62 bits per heavy atom. The SMILES string of the molecule is Cc1cccc(/C(=C/C(=O)c2ccccc2)NCc2ccc(N)cc2)c1. The maximum atomic E-state index is 12.6. The molecule has 0 amide bonds. The van der Waals surface area contributed by atoms with Crippen molar-refractivity contribution in [1.29, 1.82) is 0 Å². The molecule has 3 rings (SSSR count). The molecule has 0 radical (unpaired) electrons. The second-order valence-electron chi connectivity index (χ2n) is 6.25. The highest BCUT2D eigenvalue weighted by atomic mass is 16.1. The van der Waals surface area contributed by atoms with E-state index < -0.39 is 0 Å². The third-order valence-electron chi connectivity index (χ3n) is 4.13. The van der Waals surface area contributed by atoms with Gasteiger partial charge in [-0.15, -0.1) is 0 Å². The van der Waals surface area contributed by atoms with Crippen LogP contribution in [0.1, 0.15) is 27.0 Å². The maximum absolute atomic E-state index is 12.6. The summed E-state index contributed by atoms with van der Waals surface area (Å²) in [5.41, 5.74) is 11.2. The van der Waals surface area contributed by atoms with Gasteiger partial charge in [0.2, 0.25) is 0 Å². The lowest BCUT2D eigenvalue weighted by atomic mass is 10.0. The molecule has 130 valence electrons. The van der Waals surface area contributed by atoms with Crippen molar-refractivity contribution in [2.45, 2.75) is 13.5 Å². The lowest BCUT2D eigenvalue weighted by molar-refractivity contribution is 0.104. The normalized spacial score (nSPS) is 11.2. The summed E-state index contributed by atoms with van der Waals surface area (Å²) in [4.78, 5) is 12.6. The highest BCUT2D eigenvalue weighted by molar-refractivity contribution is 6.08. The highest BCUT2D eigenvalue weighted by Crippen LogP contribution is 2.16. The highest BCUT2D eigenvalue weighted by Gasteiger charge is 2.07. The molecule has 0 saturated carbocycles. The maximum Gasteiger partial charge on any atom is 0.187 e. The number of carbonyl (C=O) groups is 1. The number of anilines is 1. The van der Waals surface area contributed by atoms with Crippen molar-refractivity contribution in [3.63, 3.8) is 0 Å². The van der Waals surface area contributed by atoms with Gasteiger partial charge in [0.05, 0.1) is 0 Å². The molecular weight excluding hydrogens is 320 g/mol. The average Bonchev–Trinajstić information content (AvgIpc) is 2.67. The van der Waals surface area contributed by atoms with E-state index in [2.05, 4.69) is 11.4 Å². The average molecular weight is 342 g/mol. The number of hydrogen-bond acceptors (Lipinski definition) is 3. The van der Waals surface area contributed by atoms with Crippen LogP contribution in [0.25, 0.3) is 5.70 Å². The molecule has 3 aromatic rings. The largest absolute Gasteiger partial charge is 0.399 e. The van der Waals surface area contributed by atoms with Crippen LogP contribution < -0.4 is 11.1 Å². The van der Waals surface area contributed by atoms with Crippen LogP contribution in [0.5, 0.6) is 0 Å². The van der Waals surface area contributed by atoms with E-state index in [0.717, 1.165) is 28.1 Å². The van der Waals surface area contributed by atoms with Crippen molar-refractivity contribution in [3.8, 4) is 0 Å². The molecule has 3 N–H and O–H groups in total. The summed E-state index contributed by atoms with van der Waals surface area (Å²) in [7, 11) is 0. The first kappa shape index (κ1) is 17.5. The number of nitrogens with two attached hydrogens (primary N) is 1. The van der Waals surface area contributed by atoms with Gasteiger partial charge in [-0.3, -0.25) is 4.79 Å². The first-order valence-corrected chi connectivity index (χ1v) is 8.58. The molecule has 0 aliphatic rings. The van der Waals surface area contributed by atoms with E-state index in [1.54, 1.807) is 6.08 Å². The predicted molar refractivity (Wildman–Crippen MR) is 108 cm³/mol. The van der Waals surface area contributed by atoms with Crippen LogP contribution in [0, 0.1) is 6.92 Å². The summed E-state index contributed by atoms with van der Waals surface area (Å²) in [6.07, 6.45) is 1.67. The van der Waals surface area contributed by atoms with Crippen LogP contribution in [0.4, 0.5) is 5.69 Å². The Morgan fingerprint density at radius 1 is 0.923 bits per heavy atom. The Labute approximate surface area is 154 Å². The quantitative estimate of drug-likeness (QED) is 0.391. The smallest absolute Gasteiger partial charge is 0.187 e. The summed E-state index contributed by atoms with van der Waals surface area (Å²) >= 11 is 0.